The Hall–Kier alpha value is -2.63. The van der Waals surface area contributed by atoms with Gasteiger partial charge in [-0.15, -0.1) is 0 Å². The molecule has 1 amide bonds. The number of nitrogens with zero attached hydrogens (tertiary/aromatic N) is 2. The van der Waals surface area contributed by atoms with Crippen LogP contribution in [-0.4, -0.2) is 32.6 Å². The fourth-order valence-electron chi connectivity index (χ4n) is 5.99. The van der Waals surface area contributed by atoms with Crippen LogP contribution >= 0.6 is 0 Å². The highest BCUT2D eigenvalue weighted by Gasteiger charge is 2.41. The van der Waals surface area contributed by atoms with Gasteiger partial charge < -0.3 is 15.0 Å². The molecule has 0 bridgehead atoms. The lowest BCUT2D eigenvalue weighted by molar-refractivity contribution is -0.145. The summed E-state index contributed by atoms with van der Waals surface area (Å²) in [4.78, 5) is 29.7. The highest BCUT2D eigenvalue weighted by Crippen LogP contribution is 2.48. The first kappa shape index (κ1) is 26.0. The molecule has 6 heteroatoms. The van der Waals surface area contributed by atoms with Gasteiger partial charge in [-0.2, -0.15) is 0 Å². The summed E-state index contributed by atoms with van der Waals surface area (Å²) in [6.07, 6.45) is 9.73. The van der Waals surface area contributed by atoms with E-state index in [0.717, 1.165) is 34.9 Å². The molecule has 0 unspecified atom stereocenters. The standard InChI is InChI=1S/C31H43N3O3/c1-19-24(28(35)32-23-13-22(14-23)29(36)37)17-25(34(19)18-20-9-7-6-8-10-20)21-15-26(30(2,3)4)33-27(16-21)31(5)11-12-31/h15-17,20,22-23H,6-14,18H2,1-5H3,(H,32,35)(H,36,37)/t22-,23-. The third-order valence-corrected chi connectivity index (χ3v) is 9.11. The molecule has 0 radical (unpaired) electrons. The third kappa shape index (κ3) is 5.35. The van der Waals surface area contributed by atoms with Crippen molar-refractivity contribution >= 4 is 11.9 Å². The van der Waals surface area contributed by atoms with E-state index in [1.54, 1.807) is 0 Å². The van der Waals surface area contributed by atoms with E-state index in [-0.39, 0.29) is 28.7 Å². The number of carbonyl (C=O) groups excluding carboxylic acids is 1. The lowest BCUT2D eigenvalue weighted by atomic mass is 9.80. The minimum absolute atomic E-state index is 0.0621. The van der Waals surface area contributed by atoms with Crippen LogP contribution in [0.2, 0.25) is 0 Å². The first-order chi connectivity index (χ1) is 17.4. The second-order valence-electron chi connectivity index (χ2n) is 13.3. The van der Waals surface area contributed by atoms with E-state index in [2.05, 4.69) is 62.7 Å². The molecule has 5 rings (SSSR count). The van der Waals surface area contributed by atoms with Crippen LogP contribution in [0.4, 0.5) is 0 Å². The molecule has 2 aromatic heterocycles. The average molecular weight is 506 g/mol. The van der Waals surface area contributed by atoms with Gasteiger partial charge in [0.15, 0.2) is 0 Å². The fraction of sp³-hybridized carbons (Fsp3) is 0.645. The summed E-state index contributed by atoms with van der Waals surface area (Å²) in [7, 11) is 0. The van der Waals surface area contributed by atoms with Crippen molar-refractivity contribution in [3.63, 3.8) is 0 Å². The van der Waals surface area contributed by atoms with Crippen molar-refractivity contribution in [2.24, 2.45) is 11.8 Å². The molecule has 2 N–H and O–H groups in total. The Balaban J connectivity index is 1.52. The number of hydrogen-bond donors (Lipinski definition) is 2. The van der Waals surface area contributed by atoms with E-state index in [9.17, 15) is 14.7 Å². The summed E-state index contributed by atoms with van der Waals surface area (Å²) < 4.78 is 2.38. The van der Waals surface area contributed by atoms with Gasteiger partial charge >= 0.3 is 5.97 Å². The molecule has 2 heterocycles. The highest BCUT2D eigenvalue weighted by atomic mass is 16.4. The van der Waals surface area contributed by atoms with E-state index in [1.807, 2.05) is 0 Å². The maximum Gasteiger partial charge on any atom is 0.306 e. The Morgan fingerprint density at radius 3 is 2.38 bits per heavy atom. The SMILES string of the molecule is Cc1c(C(=O)N[C@H]2C[C@H](C(=O)O)C2)cc(-c2cc(C(C)(C)C)nc(C3(C)CC3)c2)n1CC1CCCCC1. The molecule has 0 aromatic carbocycles. The van der Waals surface area contributed by atoms with Crippen molar-refractivity contribution in [2.45, 2.75) is 116 Å². The number of rotatable bonds is 7. The van der Waals surface area contributed by atoms with Crippen LogP contribution in [0.25, 0.3) is 11.3 Å². The maximum atomic E-state index is 13.4. The van der Waals surface area contributed by atoms with E-state index in [0.29, 0.717) is 24.3 Å². The molecule has 200 valence electrons. The molecule has 0 atom stereocenters. The Morgan fingerprint density at radius 1 is 1.11 bits per heavy atom. The lowest BCUT2D eigenvalue weighted by Gasteiger charge is -2.32. The van der Waals surface area contributed by atoms with Crippen molar-refractivity contribution in [3.05, 3.63) is 40.8 Å². The molecule has 3 aliphatic carbocycles. The molecule has 0 aliphatic heterocycles. The van der Waals surface area contributed by atoms with Crippen LogP contribution in [0.3, 0.4) is 0 Å². The first-order valence-electron chi connectivity index (χ1n) is 14.2. The van der Waals surface area contributed by atoms with Crippen LogP contribution in [0.15, 0.2) is 18.2 Å². The molecular weight excluding hydrogens is 462 g/mol. The van der Waals surface area contributed by atoms with Crippen LogP contribution in [0, 0.1) is 18.8 Å². The van der Waals surface area contributed by atoms with Gasteiger partial charge in [-0.3, -0.25) is 14.6 Å². The van der Waals surface area contributed by atoms with Crippen molar-refractivity contribution in [1.29, 1.82) is 0 Å². The third-order valence-electron chi connectivity index (χ3n) is 9.11. The minimum atomic E-state index is -0.768. The van der Waals surface area contributed by atoms with Gasteiger partial charge in [0.05, 0.1) is 11.5 Å². The zero-order chi connectivity index (χ0) is 26.5. The molecule has 0 saturated heterocycles. The van der Waals surface area contributed by atoms with E-state index < -0.39 is 5.97 Å². The Bertz CT molecular complexity index is 1170. The normalized spacial score (nSPS) is 23.4. The topological polar surface area (TPSA) is 84.2 Å². The van der Waals surface area contributed by atoms with Gasteiger partial charge in [0, 0.05) is 51.8 Å². The number of pyridine rings is 1. The number of amides is 1. The quantitative estimate of drug-likeness (QED) is 0.457. The van der Waals surface area contributed by atoms with Crippen LogP contribution in [0.1, 0.15) is 113 Å². The second kappa shape index (κ2) is 9.59. The number of nitrogens with one attached hydrogen (secondary N) is 1. The van der Waals surface area contributed by atoms with Gasteiger partial charge in [-0.05, 0) is 69.6 Å². The summed E-state index contributed by atoms with van der Waals surface area (Å²) in [5.74, 6) is -0.570. The van der Waals surface area contributed by atoms with E-state index in [4.69, 9.17) is 4.98 Å². The molecule has 6 nitrogen and oxygen atoms in total. The summed E-state index contributed by atoms with van der Waals surface area (Å²) >= 11 is 0. The Morgan fingerprint density at radius 2 is 1.78 bits per heavy atom. The zero-order valence-corrected chi connectivity index (χ0v) is 23.2. The average Bonchev–Trinajstić information content (AvgIpc) is 3.50. The monoisotopic (exact) mass is 505 g/mol. The second-order valence-corrected chi connectivity index (χ2v) is 13.3. The minimum Gasteiger partial charge on any atom is -0.481 e. The fourth-order valence-corrected chi connectivity index (χ4v) is 5.99. The van der Waals surface area contributed by atoms with Crippen molar-refractivity contribution in [1.82, 2.24) is 14.9 Å². The molecule has 2 aromatic rings. The van der Waals surface area contributed by atoms with E-state index >= 15 is 0 Å². The molecule has 37 heavy (non-hydrogen) atoms. The summed E-state index contributed by atoms with van der Waals surface area (Å²) in [5, 5.41) is 12.3. The largest absolute Gasteiger partial charge is 0.481 e. The first-order valence-corrected chi connectivity index (χ1v) is 14.2. The smallest absolute Gasteiger partial charge is 0.306 e. The van der Waals surface area contributed by atoms with Crippen LogP contribution < -0.4 is 5.32 Å². The van der Waals surface area contributed by atoms with Crippen LogP contribution in [-0.2, 0) is 22.2 Å². The highest BCUT2D eigenvalue weighted by molar-refractivity contribution is 5.97. The molecule has 3 saturated carbocycles. The summed E-state index contributed by atoms with van der Waals surface area (Å²) in [6, 6.07) is 6.50. The number of aliphatic carboxylic acids is 1. The number of hydrogen-bond acceptors (Lipinski definition) is 3. The van der Waals surface area contributed by atoms with Gasteiger partial charge in [0.25, 0.3) is 5.91 Å². The van der Waals surface area contributed by atoms with Gasteiger partial charge in [0.2, 0.25) is 0 Å². The number of carbonyl (C=O) groups is 2. The Kier molecular flexibility index (Phi) is 6.74. The number of carboxylic acids is 1. The van der Waals surface area contributed by atoms with Gasteiger partial charge in [-0.25, -0.2) is 0 Å². The number of aromatic nitrogens is 2. The van der Waals surface area contributed by atoms with Crippen LogP contribution in [0.5, 0.6) is 0 Å². The van der Waals surface area contributed by atoms with Crippen molar-refractivity contribution in [2.75, 3.05) is 0 Å². The van der Waals surface area contributed by atoms with Crippen molar-refractivity contribution < 1.29 is 14.7 Å². The van der Waals surface area contributed by atoms with Crippen molar-refractivity contribution in [3.8, 4) is 11.3 Å². The van der Waals surface area contributed by atoms with Gasteiger partial charge in [-0.1, -0.05) is 47.0 Å². The molecule has 0 spiro atoms. The maximum absolute atomic E-state index is 13.4. The Labute approximate surface area is 221 Å². The molecular formula is C31H43N3O3. The molecule has 3 fully saturated rings. The summed E-state index contributed by atoms with van der Waals surface area (Å²) in [5.41, 5.74) is 6.29. The lowest BCUT2D eigenvalue weighted by Crippen LogP contribution is -2.46. The van der Waals surface area contributed by atoms with E-state index in [1.165, 1.54) is 44.9 Å². The molecule has 3 aliphatic rings. The predicted octanol–water partition coefficient (Wildman–Crippen LogP) is 6.38. The number of carboxylic acid groups (broad SMARTS) is 1. The van der Waals surface area contributed by atoms with Gasteiger partial charge in [0.1, 0.15) is 0 Å². The predicted molar refractivity (Wildman–Crippen MR) is 146 cm³/mol. The zero-order valence-electron chi connectivity index (χ0n) is 23.2. The summed E-state index contributed by atoms with van der Waals surface area (Å²) in [6.45, 7) is 11.9.